The van der Waals surface area contributed by atoms with Crippen LogP contribution in [-0.2, 0) is 23.7 Å². The number of nitrogens with one attached hydrogen (secondary N) is 3. The number of amides is 1. The number of hydrogen-bond donors (Lipinski definition) is 3. The van der Waals surface area contributed by atoms with E-state index in [1.165, 1.54) is 38.6 Å². The minimum atomic E-state index is -1.21. The summed E-state index contributed by atoms with van der Waals surface area (Å²) in [6.07, 6.45) is 2.00. The number of aromatic nitrogens is 5. The van der Waals surface area contributed by atoms with Crippen molar-refractivity contribution in [2.75, 3.05) is 39.0 Å². The van der Waals surface area contributed by atoms with E-state index in [9.17, 15) is 14.4 Å². The molecule has 0 radical (unpaired) electrons. The molecule has 0 aliphatic carbocycles. The molecule has 2 heterocycles. The van der Waals surface area contributed by atoms with Crippen LogP contribution >= 0.6 is 0 Å². The Balaban J connectivity index is 1.73. The normalized spacial score (nSPS) is 11.2. The molecule has 0 bridgehead atoms. The minimum absolute atomic E-state index is 0.00596. The highest BCUT2D eigenvalue weighted by atomic mass is 19.1. The molecule has 0 fully saturated rings. The number of alkyl carbamates (subject to hydrolysis) is 1. The molecule has 4 rings (SSSR count). The summed E-state index contributed by atoms with van der Waals surface area (Å²) in [5.41, 5.74) is 1.31. The Kier molecular flexibility index (Phi) is 15.4. The van der Waals surface area contributed by atoms with Crippen molar-refractivity contribution in [2.45, 2.75) is 52.7 Å². The van der Waals surface area contributed by atoms with Crippen molar-refractivity contribution >= 4 is 29.7 Å². The predicted octanol–water partition coefficient (Wildman–Crippen LogP) is 5.65. The van der Waals surface area contributed by atoms with Gasteiger partial charge in [-0.15, -0.1) is 9.78 Å². The van der Waals surface area contributed by atoms with Crippen LogP contribution in [0.2, 0.25) is 0 Å². The number of rotatable bonds is 19. The Hall–Kier alpha value is -6.79. The molecule has 2 aromatic carbocycles. The van der Waals surface area contributed by atoms with E-state index in [-0.39, 0.29) is 66.6 Å². The zero-order valence-electron chi connectivity index (χ0n) is 31.5. The molecule has 19 heteroatoms. The van der Waals surface area contributed by atoms with Gasteiger partial charge in [0.2, 0.25) is 6.79 Å². The fourth-order valence-electron chi connectivity index (χ4n) is 4.76. The van der Waals surface area contributed by atoms with Crippen LogP contribution in [0.15, 0.2) is 67.0 Å². The molecule has 56 heavy (non-hydrogen) atoms. The van der Waals surface area contributed by atoms with Gasteiger partial charge in [0.1, 0.15) is 43.6 Å². The zero-order valence-corrected chi connectivity index (χ0v) is 31.5. The van der Waals surface area contributed by atoms with Gasteiger partial charge in [-0.25, -0.2) is 23.9 Å². The molecule has 0 aliphatic rings. The van der Waals surface area contributed by atoms with Crippen LogP contribution in [0.3, 0.4) is 0 Å². The maximum absolute atomic E-state index is 16.5. The third kappa shape index (κ3) is 12.1. The molecule has 0 spiro atoms. The number of amidine groups is 1. The van der Waals surface area contributed by atoms with Gasteiger partial charge < -0.3 is 38.5 Å². The Morgan fingerprint density at radius 2 is 1.70 bits per heavy atom. The molecule has 3 N–H and O–H groups in total. The molecule has 298 valence electrons. The maximum Gasteiger partial charge on any atom is 0.511 e. The van der Waals surface area contributed by atoms with Gasteiger partial charge in [0.05, 0.1) is 7.11 Å². The van der Waals surface area contributed by atoms with E-state index in [4.69, 9.17) is 38.6 Å². The lowest BCUT2D eigenvalue weighted by atomic mass is 10.0. The smallest absolute Gasteiger partial charge is 0.497 e. The molecule has 0 saturated carbocycles. The number of ether oxygens (including phenoxy) is 7. The van der Waals surface area contributed by atoms with E-state index in [0.717, 1.165) is 4.68 Å². The molecule has 1 unspecified atom stereocenters. The van der Waals surface area contributed by atoms with Crippen LogP contribution in [0.5, 0.6) is 17.5 Å². The number of carbonyl (C=O) groups is 3. The highest BCUT2D eigenvalue weighted by molar-refractivity contribution is 6.04. The second kappa shape index (κ2) is 20.6. The summed E-state index contributed by atoms with van der Waals surface area (Å²) in [7, 11) is 1.39. The first-order valence-electron chi connectivity index (χ1n) is 17.3. The monoisotopic (exact) mass is 778 g/mol. The number of nitrogens with zero attached hydrogens (tertiary/aromatic N) is 5. The molecule has 4 aromatic rings. The SMILES string of the molecule is C=C(C)COC(=O)NC(=N)c1ccc(NC(c2nc(OCOC(=O)OC(CC)CC)n(-c3ncccn3)n2)c2cc(OC)cc(OCCOC(C)=O)c2F)cc1. The van der Waals surface area contributed by atoms with Crippen LogP contribution in [-0.4, -0.2) is 88.6 Å². The van der Waals surface area contributed by atoms with Gasteiger partial charge in [0.25, 0.3) is 5.95 Å². The topological polar surface area (TPSA) is 220 Å². The molecular weight excluding hydrogens is 735 g/mol. The third-order valence-corrected chi connectivity index (χ3v) is 7.53. The summed E-state index contributed by atoms with van der Waals surface area (Å²) in [6, 6.07) is 9.15. The lowest BCUT2D eigenvalue weighted by molar-refractivity contribution is -0.141. The highest BCUT2D eigenvalue weighted by Gasteiger charge is 2.29. The van der Waals surface area contributed by atoms with E-state index in [1.807, 2.05) is 13.8 Å². The van der Waals surface area contributed by atoms with Crippen molar-refractivity contribution in [3.05, 3.63) is 89.8 Å². The lowest BCUT2D eigenvalue weighted by Crippen LogP contribution is -2.31. The minimum Gasteiger partial charge on any atom is -0.497 e. The fraction of sp³-hybridized carbons (Fsp3) is 0.351. The number of benzene rings is 2. The number of halogens is 1. The molecule has 0 aliphatic heterocycles. The van der Waals surface area contributed by atoms with Crippen molar-refractivity contribution in [3.63, 3.8) is 0 Å². The fourth-order valence-corrected chi connectivity index (χ4v) is 4.76. The van der Waals surface area contributed by atoms with Crippen LogP contribution < -0.4 is 24.8 Å². The van der Waals surface area contributed by atoms with Gasteiger partial charge in [0.15, 0.2) is 17.4 Å². The van der Waals surface area contributed by atoms with Gasteiger partial charge in [-0.05, 0) is 61.7 Å². The first-order chi connectivity index (χ1) is 26.9. The molecule has 0 saturated heterocycles. The Morgan fingerprint density at radius 1 is 0.982 bits per heavy atom. The van der Waals surface area contributed by atoms with E-state index < -0.39 is 36.9 Å². The van der Waals surface area contributed by atoms with Gasteiger partial charge in [-0.2, -0.15) is 4.98 Å². The number of anilines is 1. The van der Waals surface area contributed by atoms with Gasteiger partial charge in [-0.1, -0.05) is 20.4 Å². The van der Waals surface area contributed by atoms with E-state index in [0.29, 0.717) is 29.7 Å². The van der Waals surface area contributed by atoms with Gasteiger partial charge in [-0.3, -0.25) is 15.5 Å². The Morgan fingerprint density at radius 3 is 2.34 bits per heavy atom. The van der Waals surface area contributed by atoms with Crippen molar-refractivity contribution in [3.8, 4) is 23.5 Å². The standard InChI is InChI=1S/C37H43FN8O10/c1-7-26(8-2)56-37(49)55-21-54-35-44-33(45-46(35)34-40-14-9-15-41-34)31(28-18-27(50-6)19-29(30(28)38)52-17-16-51-23(5)47)42-25-12-10-24(11-13-25)32(39)43-36(48)53-20-22(3)4/h9-15,18-19,26,31,42H,3,7-8,16-17,20-21H2,1-2,4-6H3,(H2,39,43,48). The van der Waals surface area contributed by atoms with Crippen molar-refractivity contribution in [1.29, 1.82) is 5.41 Å². The second-order valence-electron chi connectivity index (χ2n) is 11.8. The van der Waals surface area contributed by atoms with Crippen LogP contribution in [0.25, 0.3) is 5.95 Å². The van der Waals surface area contributed by atoms with E-state index >= 15 is 4.39 Å². The van der Waals surface area contributed by atoms with Crippen LogP contribution in [0.1, 0.15) is 63.5 Å². The van der Waals surface area contributed by atoms with Crippen LogP contribution in [0, 0.1) is 11.2 Å². The van der Waals surface area contributed by atoms with Gasteiger partial charge in [0, 0.05) is 42.2 Å². The zero-order chi connectivity index (χ0) is 40.6. The molecule has 2 aromatic heterocycles. The summed E-state index contributed by atoms with van der Waals surface area (Å²) < 4.78 is 54.8. The maximum atomic E-state index is 16.5. The average Bonchev–Trinajstić information content (AvgIpc) is 3.61. The molecule has 1 atom stereocenters. The number of hydrogen-bond acceptors (Lipinski definition) is 16. The summed E-state index contributed by atoms with van der Waals surface area (Å²) in [5.74, 6) is -1.65. The molecule has 18 nitrogen and oxygen atoms in total. The van der Waals surface area contributed by atoms with Gasteiger partial charge >= 0.3 is 24.2 Å². The highest BCUT2D eigenvalue weighted by Crippen LogP contribution is 2.36. The average molecular weight is 779 g/mol. The first-order valence-corrected chi connectivity index (χ1v) is 17.3. The van der Waals surface area contributed by atoms with E-state index in [2.05, 4.69) is 37.3 Å². The number of methoxy groups -OCH3 is 1. The largest absolute Gasteiger partial charge is 0.511 e. The van der Waals surface area contributed by atoms with Crippen LogP contribution in [0.4, 0.5) is 19.7 Å². The number of carbonyl (C=O) groups excluding carboxylic acids is 3. The first kappa shape index (κ1) is 42.0. The quantitative estimate of drug-likeness (QED) is 0.0199. The summed E-state index contributed by atoms with van der Waals surface area (Å²) >= 11 is 0. The van der Waals surface area contributed by atoms with Crippen molar-refractivity contribution in [1.82, 2.24) is 30.0 Å². The summed E-state index contributed by atoms with van der Waals surface area (Å²) in [6.45, 7) is 9.41. The van der Waals surface area contributed by atoms with E-state index in [1.54, 1.807) is 37.3 Å². The van der Waals surface area contributed by atoms with Crippen molar-refractivity contribution < 1.29 is 51.9 Å². The Bertz CT molecular complexity index is 1970. The van der Waals surface area contributed by atoms with Crippen molar-refractivity contribution in [2.24, 2.45) is 0 Å². The number of esters is 1. The Labute approximate surface area is 321 Å². The lowest BCUT2D eigenvalue weighted by Gasteiger charge is -2.21. The summed E-state index contributed by atoms with van der Waals surface area (Å²) in [5, 5.41) is 18.4. The third-order valence-electron chi connectivity index (χ3n) is 7.53. The summed E-state index contributed by atoms with van der Waals surface area (Å²) in [4.78, 5) is 48.7. The predicted molar refractivity (Wildman–Crippen MR) is 197 cm³/mol. The molecule has 1 amide bonds. The second-order valence-corrected chi connectivity index (χ2v) is 11.8. The molecular formula is C37H43FN8O10.